The predicted molar refractivity (Wildman–Crippen MR) is 92.5 cm³/mol. The third-order valence-corrected chi connectivity index (χ3v) is 4.85. The topological polar surface area (TPSA) is 66.8 Å². The van der Waals surface area contributed by atoms with Crippen LogP contribution in [0.2, 0.25) is 0 Å². The lowest BCUT2D eigenvalue weighted by Crippen LogP contribution is -2.31. The van der Waals surface area contributed by atoms with E-state index in [9.17, 15) is 9.18 Å². The van der Waals surface area contributed by atoms with E-state index in [1.54, 1.807) is 17.8 Å². The standard InChI is InChI=1S/C18H20FN5O/c1-11(13-5-3-4-6-15(13)19)24(12-7-8-12)10-16-21-17-14(18(25)22-16)9-20-23(17)2/h3-6,9,11-12H,7-8,10H2,1-2H3,(H,21,22,25)/t11-/m0/s1. The van der Waals surface area contributed by atoms with Crippen molar-refractivity contribution >= 4 is 11.0 Å². The summed E-state index contributed by atoms with van der Waals surface area (Å²) in [4.78, 5) is 21.8. The van der Waals surface area contributed by atoms with Crippen molar-refractivity contribution in [3.63, 3.8) is 0 Å². The highest BCUT2D eigenvalue weighted by molar-refractivity contribution is 5.72. The van der Waals surface area contributed by atoms with E-state index in [0.29, 0.717) is 35.0 Å². The number of nitrogens with one attached hydrogen (secondary N) is 1. The molecule has 25 heavy (non-hydrogen) atoms. The molecule has 0 unspecified atom stereocenters. The zero-order valence-electron chi connectivity index (χ0n) is 14.2. The van der Waals surface area contributed by atoms with Gasteiger partial charge >= 0.3 is 0 Å². The highest BCUT2D eigenvalue weighted by atomic mass is 19.1. The summed E-state index contributed by atoms with van der Waals surface area (Å²) in [5, 5.41) is 4.57. The van der Waals surface area contributed by atoms with Crippen LogP contribution < -0.4 is 5.56 Å². The molecular formula is C18H20FN5O. The SMILES string of the molecule is C[C@@H](c1ccccc1F)N(Cc1nc2c(cnn2C)c(=O)[nH]1)C1CC1. The first-order chi connectivity index (χ1) is 12.0. The van der Waals surface area contributed by atoms with Crippen molar-refractivity contribution in [2.75, 3.05) is 0 Å². The Labute approximate surface area is 144 Å². The van der Waals surface area contributed by atoms with Crippen LogP contribution in [-0.2, 0) is 13.6 Å². The van der Waals surface area contributed by atoms with E-state index in [2.05, 4.69) is 20.0 Å². The molecular weight excluding hydrogens is 321 g/mol. The van der Waals surface area contributed by atoms with Crippen LogP contribution in [0.4, 0.5) is 4.39 Å². The minimum atomic E-state index is -0.204. The van der Waals surface area contributed by atoms with Gasteiger partial charge in [0.2, 0.25) is 0 Å². The van der Waals surface area contributed by atoms with E-state index in [-0.39, 0.29) is 17.4 Å². The molecule has 2 heterocycles. The highest BCUT2D eigenvalue weighted by Gasteiger charge is 2.34. The average molecular weight is 341 g/mol. The summed E-state index contributed by atoms with van der Waals surface area (Å²) in [6, 6.07) is 7.14. The molecule has 1 aromatic carbocycles. The maximum atomic E-state index is 14.2. The molecule has 1 aliphatic carbocycles. The molecule has 1 N–H and O–H groups in total. The molecule has 1 fully saturated rings. The van der Waals surface area contributed by atoms with E-state index >= 15 is 0 Å². The van der Waals surface area contributed by atoms with Gasteiger partial charge in [-0.15, -0.1) is 0 Å². The summed E-state index contributed by atoms with van der Waals surface area (Å²) in [6.07, 6.45) is 3.68. The first-order valence-electron chi connectivity index (χ1n) is 8.45. The van der Waals surface area contributed by atoms with Crippen molar-refractivity contribution in [1.29, 1.82) is 0 Å². The minimum absolute atomic E-state index is 0.0961. The lowest BCUT2D eigenvalue weighted by atomic mass is 10.1. The van der Waals surface area contributed by atoms with E-state index in [0.717, 1.165) is 12.8 Å². The quantitative estimate of drug-likeness (QED) is 0.774. The molecule has 0 bridgehead atoms. The maximum absolute atomic E-state index is 14.2. The van der Waals surface area contributed by atoms with Gasteiger partial charge in [-0.05, 0) is 25.8 Å². The molecule has 0 saturated heterocycles. The van der Waals surface area contributed by atoms with Crippen molar-refractivity contribution in [3.8, 4) is 0 Å². The third kappa shape index (κ3) is 2.95. The number of rotatable bonds is 5. The molecule has 1 saturated carbocycles. The summed E-state index contributed by atoms with van der Waals surface area (Å²) in [5.74, 6) is 0.375. The van der Waals surface area contributed by atoms with Gasteiger partial charge in [0.25, 0.3) is 5.56 Å². The molecule has 0 spiro atoms. The second kappa shape index (κ2) is 6.07. The van der Waals surface area contributed by atoms with Gasteiger partial charge < -0.3 is 4.98 Å². The van der Waals surface area contributed by atoms with Crippen LogP contribution in [0.1, 0.15) is 37.2 Å². The number of aryl methyl sites for hydroxylation is 1. The Kier molecular flexibility index (Phi) is 3.88. The van der Waals surface area contributed by atoms with Crippen LogP contribution in [0, 0.1) is 5.82 Å². The smallest absolute Gasteiger partial charge is 0.262 e. The number of aromatic amines is 1. The third-order valence-electron chi connectivity index (χ3n) is 4.85. The molecule has 6 nitrogen and oxygen atoms in total. The molecule has 2 aromatic heterocycles. The van der Waals surface area contributed by atoms with Crippen molar-refractivity contribution < 1.29 is 4.39 Å². The molecule has 1 aliphatic rings. The number of aromatic nitrogens is 4. The fraction of sp³-hybridized carbons (Fsp3) is 0.389. The molecule has 3 aromatic rings. The number of halogens is 1. The fourth-order valence-corrected chi connectivity index (χ4v) is 3.31. The number of nitrogens with zero attached hydrogens (tertiary/aromatic N) is 4. The Morgan fingerprint density at radius 3 is 2.88 bits per heavy atom. The van der Waals surface area contributed by atoms with E-state index in [4.69, 9.17) is 0 Å². The monoisotopic (exact) mass is 341 g/mol. The van der Waals surface area contributed by atoms with Crippen LogP contribution in [0.25, 0.3) is 11.0 Å². The van der Waals surface area contributed by atoms with E-state index in [1.165, 1.54) is 12.3 Å². The van der Waals surface area contributed by atoms with Crippen molar-refractivity contribution in [1.82, 2.24) is 24.6 Å². The Morgan fingerprint density at radius 1 is 1.40 bits per heavy atom. The first-order valence-corrected chi connectivity index (χ1v) is 8.45. The largest absolute Gasteiger partial charge is 0.309 e. The van der Waals surface area contributed by atoms with Gasteiger partial charge in [0.15, 0.2) is 5.65 Å². The molecule has 0 radical (unpaired) electrons. The van der Waals surface area contributed by atoms with Crippen LogP contribution in [0.15, 0.2) is 35.3 Å². The lowest BCUT2D eigenvalue weighted by molar-refractivity contribution is 0.182. The highest BCUT2D eigenvalue weighted by Crippen LogP contribution is 2.35. The number of H-pyrrole nitrogens is 1. The van der Waals surface area contributed by atoms with E-state index < -0.39 is 0 Å². The normalized spacial score (nSPS) is 15.8. The molecule has 1 atom stereocenters. The van der Waals surface area contributed by atoms with Gasteiger partial charge in [0.05, 0.1) is 12.7 Å². The second-order valence-corrected chi connectivity index (χ2v) is 6.62. The fourth-order valence-electron chi connectivity index (χ4n) is 3.31. The second-order valence-electron chi connectivity index (χ2n) is 6.62. The van der Waals surface area contributed by atoms with Gasteiger partial charge in [-0.3, -0.25) is 14.4 Å². The zero-order chi connectivity index (χ0) is 17.6. The van der Waals surface area contributed by atoms with Crippen molar-refractivity contribution in [2.24, 2.45) is 7.05 Å². The average Bonchev–Trinajstić information content (AvgIpc) is 3.36. The number of fused-ring (bicyclic) bond motifs is 1. The van der Waals surface area contributed by atoms with Gasteiger partial charge in [0.1, 0.15) is 17.0 Å². The summed E-state index contributed by atoms with van der Waals surface area (Å²) in [7, 11) is 1.76. The van der Waals surface area contributed by atoms with Crippen LogP contribution in [-0.4, -0.2) is 30.7 Å². The van der Waals surface area contributed by atoms with Crippen molar-refractivity contribution in [3.05, 3.63) is 58.0 Å². The number of benzene rings is 1. The van der Waals surface area contributed by atoms with Crippen LogP contribution in [0.5, 0.6) is 0 Å². The van der Waals surface area contributed by atoms with Crippen LogP contribution in [0.3, 0.4) is 0 Å². The lowest BCUT2D eigenvalue weighted by Gasteiger charge is -2.29. The zero-order valence-corrected chi connectivity index (χ0v) is 14.2. The predicted octanol–water partition coefficient (Wildman–Crippen LogP) is 2.52. The summed E-state index contributed by atoms with van der Waals surface area (Å²) < 4.78 is 15.8. The van der Waals surface area contributed by atoms with E-state index in [1.807, 2.05) is 19.1 Å². The number of hydrogen-bond donors (Lipinski definition) is 1. The number of hydrogen-bond acceptors (Lipinski definition) is 4. The molecule has 4 rings (SSSR count). The Balaban J connectivity index is 1.68. The van der Waals surface area contributed by atoms with Gasteiger partial charge in [-0.25, -0.2) is 9.37 Å². The minimum Gasteiger partial charge on any atom is -0.309 e. The molecule has 130 valence electrons. The summed E-state index contributed by atoms with van der Waals surface area (Å²) >= 11 is 0. The Bertz CT molecular complexity index is 975. The Hall–Kier alpha value is -2.54. The van der Waals surface area contributed by atoms with Gasteiger partial charge in [-0.2, -0.15) is 5.10 Å². The summed E-state index contributed by atoms with van der Waals surface area (Å²) in [6.45, 7) is 2.47. The Morgan fingerprint density at radius 2 is 2.16 bits per heavy atom. The molecule has 0 amide bonds. The van der Waals surface area contributed by atoms with Crippen LogP contribution >= 0.6 is 0 Å². The maximum Gasteiger partial charge on any atom is 0.262 e. The first kappa shape index (κ1) is 16.0. The summed E-state index contributed by atoms with van der Waals surface area (Å²) in [5.41, 5.74) is 1.04. The molecule has 0 aliphatic heterocycles. The molecule has 7 heteroatoms. The van der Waals surface area contributed by atoms with Crippen molar-refractivity contribution in [2.45, 2.75) is 38.4 Å². The van der Waals surface area contributed by atoms with Gasteiger partial charge in [-0.1, -0.05) is 18.2 Å². The van der Waals surface area contributed by atoms with Gasteiger partial charge in [0, 0.05) is 24.7 Å².